The van der Waals surface area contributed by atoms with Crippen LogP contribution < -0.4 is 5.32 Å². The van der Waals surface area contributed by atoms with Gasteiger partial charge in [-0.25, -0.2) is 4.79 Å². The van der Waals surface area contributed by atoms with Gasteiger partial charge in [0, 0.05) is 5.69 Å². The number of anilines is 1. The molecule has 0 saturated carbocycles. The molecule has 0 heterocycles. The third kappa shape index (κ3) is 3.44. The second-order valence-electron chi connectivity index (χ2n) is 2.77. The van der Waals surface area contributed by atoms with Crippen molar-refractivity contribution in [2.75, 3.05) is 18.5 Å². The molecule has 0 aliphatic rings. The maximum Gasteiger partial charge on any atom is 0.411 e. The first-order valence-electron chi connectivity index (χ1n) is 4.27. The number of aliphatic hydroxyl groups is 1. The number of phenolic OH excluding ortho intramolecular Hbond substituents is 1. The minimum atomic E-state index is -0.744. The van der Waals surface area contributed by atoms with Crippen LogP contribution in [-0.2, 0) is 4.74 Å². The average Bonchev–Trinajstić information content (AvgIpc) is 2.23. The number of phenols is 1. The van der Waals surface area contributed by atoms with Gasteiger partial charge in [0.05, 0.1) is 16.7 Å². The molecule has 7 heteroatoms. The van der Waals surface area contributed by atoms with E-state index in [1.807, 2.05) is 0 Å². The Hall–Kier alpha value is -1.17. The van der Waals surface area contributed by atoms with Crippen LogP contribution >= 0.6 is 23.2 Å². The minimum absolute atomic E-state index is 0.0185. The molecule has 3 N–H and O–H groups in total. The Balaban J connectivity index is 2.71. The van der Waals surface area contributed by atoms with Crippen LogP contribution in [0.2, 0.25) is 10.0 Å². The monoisotopic (exact) mass is 265 g/mol. The summed E-state index contributed by atoms with van der Waals surface area (Å²) in [5.41, 5.74) is 0.288. The number of hydrogen-bond donors (Lipinski definition) is 3. The quantitative estimate of drug-likeness (QED) is 0.733. The summed E-state index contributed by atoms with van der Waals surface area (Å²) in [6.07, 6.45) is -0.744. The zero-order valence-electron chi connectivity index (χ0n) is 8.04. The Morgan fingerprint density at radius 3 is 2.44 bits per heavy atom. The number of carbonyl (C=O) groups is 1. The van der Waals surface area contributed by atoms with Crippen LogP contribution in [0.3, 0.4) is 0 Å². The predicted molar refractivity (Wildman–Crippen MR) is 60.2 cm³/mol. The normalized spacial score (nSPS) is 9.94. The number of hydrogen-bond acceptors (Lipinski definition) is 4. The van der Waals surface area contributed by atoms with E-state index in [-0.39, 0.29) is 34.7 Å². The zero-order valence-corrected chi connectivity index (χ0v) is 9.55. The minimum Gasteiger partial charge on any atom is -0.505 e. The standard InChI is InChI=1S/C9H9Cl2NO4/c10-6-3-5(4-7(11)8(6)14)12-9(15)16-2-1-13/h3-4,13-14H,1-2H2,(H,12,15). The van der Waals surface area contributed by atoms with Crippen molar-refractivity contribution in [3.05, 3.63) is 22.2 Å². The fourth-order valence-electron chi connectivity index (χ4n) is 0.930. The van der Waals surface area contributed by atoms with E-state index in [9.17, 15) is 9.90 Å². The van der Waals surface area contributed by atoms with Gasteiger partial charge in [-0.05, 0) is 12.1 Å². The lowest BCUT2D eigenvalue weighted by Crippen LogP contribution is -2.15. The molecule has 0 unspecified atom stereocenters. The highest BCUT2D eigenvalue weighted by Gasteiger charge is 2.09. The molecule has 0 atom stereocenters. The van der Waals surface area contributed by atoms with Crippen molar-refractivity contribution >= 4 is 35.0 Å². The fraction of sp³-hybridized carbons (Fsp3) is 0.222. The van der Waals surface area contributed by atoms with Crippen molar-refractivity contribution in [3.63, 3.8) is 0 Å². The summed E-state index contributed by atoms with van der Waals surface area (Å²) in [7, 11) is 0. The van der Waals surface area contributed by atoms with Crippen molar-refractivity contribution in [2.24, 2.45) is 0 Å². The Kier molecular flexibility index (Phi) is 4.67. The van der Waals surface area contributed by atoms with E-state index in [1.165, 1.54) is 12.1 Å². The van der Waals surface area contributed by atoms with Gasteiger partial charge in [-0.1, -0.05) is 23.2 Å². The first-order valence-corrected chi connectivity index (χ1v) is 5.03. The number of carbonyl (C=O) groups excluding carboxylic acids is 1. The molecule has 0 aromatic heterocycles. The van der Waals surface area contributed by atoms with E-state index in [2.05, 4.69) is 10.1 Å². The predicted octanol–water partition coefficient (Wildman–Crippen LogP) is 2.24. The highest BCUT2D eigenvalue weighted by molar-refractivity contribution is 6.37. The molecule has 1 rings (SSSR count). The summed E-state index contributed by atoms with van der Waals surface area (Å²) in [4.78, 5) is 11.1. The van der Waals surface area contributed by atoms with Crippen LogP contribution in [0.25, 0.3) is 0 Å². The van der Waals surface area contributed by atoms with Gasteiger partial charge < -0.3 is 14.9 Å². The van der Waals surface area contributed by atoms with Crippen LogP contribution in [0.1, 0.15) is 0 Å². The van der Waals surface area contributed by atoms with E-state index < -0.39 is 6.09 Å². The number of halogens is 2. The molecule has 0 aliphatic carbocycles. The lowest BCUT2D eigenvalue weighted by atomic mass is 10.3. The lowest BCUT2D eigenvalue weighted by molar-refractivity contribution is 0.131. The Bertz CT molecular complexity index is 374. The molecule has 1 aromatic rings. The van der Waals surface area contributed by atoms with Gasteiger partial charge in [-0.3, -0.25) is 5.32 Å². The van der Waals surface area contributed by atoms with Crippen molar-refractivity contribution in [1.82, 2.24) is 0 Å². The number of rotatable bonds is 3. The molecule has 0 spiro atoms. The smallest absolute Gasteiger partial charge is 0.411 e. The number of aromatic hydroxyl groups is 1. The van der Waals surface area contributed by atoms with E-state index in [4.69, 9.17) is 28.3 Å². The van der Waals surface area contributed by atoms with Gasteiger partial charge in [0.15, 0.2) is 5.75 Å². The Labute approximate surface area is 102 Å². The molecular formula is C9H9Cl2NO4. The lowest BCUT2D eigenvalue weighted by Gasteiger charge is -2.07. The molecule has 0 radical (unpaired) electrons. The first-order chi connectivity index (χ1) is 7.54. The molecule has 1 amide bonds. The Morgan fingerprint density at radius 2 is 1.94 bits per heavy atom. The molecule has 16 heavy (non-hydrogen) atoms. The third-order valence-corrected chi connectivity index (χ3v) is 2.16. The summed E-state index contributed by atoms with van der Waals surface area (Å²) < 4.78 is 4.56. The highest BCUT2D eigenvalue weighted by Crippen LogP contribution is 2.34. The zero-order chi connectivity index (χ0) is 12.1. The molecule has 0 saturated heterocycles. The molecule has 1 aromatic carbocycles. The van der Waals surface area contributed by atoms with Crippen molar-refractivity contribution < 1.29 is 19.7 Å². The summed E-state index contributed by atoms with van der Waals surface area (Å²) >= 11 is 11.3. The molecule has 88 valence electrons. The summed E-state index contributed by atoms with van der Waals surface area (Å²) in [6, 6.07) is 2.64. The number of ether oxygens (including phenoxy) is 1. The summed E-state index contributed by atoms with van der Waals surface area (Å²) in [6.45, 7) is -0.365. The number of aliphatic hydroxyl groups excluding tert-OH is 1. The molecule has 5 nitrogen and oxygen atoms in total. The average molecular weight is 266 g/mol. The van der Waals surface area contributed by atoms with Gasteiger partial charge >= 0.3 is 6.09 Å². The van der Waals surface area contributed by atoms with Gasteiger partial charge in [-0.2, -0.15) is 0 Å². The van der Waals surface area contributed by atoms with Crippen LogP contribution in [0.5, 0.6) is 5.75 Å². The number of amides is 1. The van der Waals surface area contributed by atoms with E-state index in [0.717, 1.165) is 0 Å². The highest BCUT2D eigenvalue weighted by atomic mass is 35.5. The van der Waals surface area contributed by atoms with E-state index in [0.29, 0.717) is 0 Å². The maximum absolute atomic E-state index is 11.1. The van der Waals surface area contributed by atoms with Gasteiger partial charge in [0.2, 0.25) is 0 Å². The molecule has 0 bridgehead atoms. The van der Waals surface area contributed by atoms with Crippen LogP contribution in [-0.4, -0.2) is 29.5 Å². The fourth-order valence-corrected chi connectivity index (χ4v) is 1.42. The van der Waals surface area contributed by atoms with Crippen molar-refractivity contribution in [2.45, 2.75) is 0 Å². The second-order valence-corrected chi connectivity index (χ2v) is 3.59. The summed E-state index contributed by atoms with van der Waals surface area (Å²) in [5, 5.41) is 20.1. The molecule has 0 aliphatic heterocycles. The van der Waals surface area contributed by atoms with Crippen molar-refractivity contribution in [3.8, 4) is 5.75 Å². The van der Waals surface area contributed by atoms with E-state index >= 15 is 0 Å². The number of benzene rings is 1. The summed E-state index contributed by atoms with van der Waals surface area (Å²) in [5.74, 6) is -0.252. The van der Waals surface area contributed by atoms with Crippen LogP contribution in [0.4, 0.5) is 10.5 Å². The third-order valence-electron chi connectivity index (χ3n) is 1.59. The first kappa shape index (κ1) is 12.9. The van der Waals surface area contributed by atoms with Gasteiger partial charge in [0.1, 0.15) is 6.61 Å². The molecular weight excluding hydrogens is 257 g/mol. The van der Waals surface area contributed by atoms with Gasteiger partial charge in [-0.15, -0.1) is 0 Å². The number of nitrogens with one attached hydrogen (secondary N) is 1. The topological polar surface area (TPSA) is 78.8 Å². The van der Waals surface area contributed by atoms with Crippen molar-refractivity contribution in [1.29, 1.82) is 0 Å². The maximum atomic E-state index is 11.1. The largest absolute Gasteiger partial charge is 0.505 e. The SMILES string of the molecule is O=C(Nc1cc(Cl)c(O)c(Cl)c1)OCCO. The van der Waals surface area contributed by atoms with Crippen LogP contribution in [0, 0.1) is 0 Å². The van der Waals surface area contributed by atoms with Gasteiger partial charge in [0.25, 0.3) is 0 Å². The van der Waals surface area contributed by atoms with Crippen LogP contribution in [0.15, 0.2) is 12.1 Å². The second kappa shape index (κ2) is 5.79. The van der Waals surface area contributed by atoms with E-state index in [1.54, 1.807) is 0 Å². The molecule has 0 fully saturated rings. The Morgan fingerprint density at radius 1 is 1.38 bits per heavy atom.